The van der Waals surface area contributed by atoms with Crippen molar-refractivity contribution in [2.75, 3.05) is 0 Å². The number of halogens is 1. The third kappa shape index (κ3) is 2.45. The molecule has 0 spiro atoms. The maximum absolute atomic E-state index is 5.95. The van der Waals surface area contributed by atoms with Crippen LogP contribution in [0.1, 0.15) is 31.5 Å². The lowest BCUT2D eigenvalue weighted by Gasteiger charge is -2.09. The molecular weight excluding hydrogens is 234 g/mol. The molecular formula is C13H16ClN3. The van der Waals surface area contributed by atoms with E-state index < -0.39 is 0 Å². The quantitative estimate of drug-likeness (QED) is 0.877. The van der Waals surface area contributed by atoms with Gasteiger partial charge in [-0.2, -0.15) is 0 Å². The smallest absolute Gasteiger partial charge is 0.121 e. The summed E-state index contributed by atoms with van der Waals surface area (Å²) >= 11 is 5.95. The molecule has 0 atom stereocenters. The fraction of sp³-hybridized carbons (Fsp3) is 0.462. The molecule has 4 heteroatoms. The van der Waals surface area contributed by atoms with E-state index >= 15 is 0 Å². The molecule has 17 heavy (non-hydrogen) atoms. The summed E-state index contributed by atoms with van der Waals surface area (Å²) in [5.41, 5.74) is 2.00. The minimum Gasteiger partial charge on any atom is -0.341 e. The fourth-order valence-corrected chi connectivity index (χ4v) is 2.66. The van der Waals surface area contributed by atoms with Gasteiger partial charge in [0, 0.05) is 11.1 Å². The van der Waals surface area contributed by atoms with Gasteiger partial charge < -0.3 is 10.3 Å². The van der Waals surface area contributed by atoms with E-state index in [1.165, 1.54) is 25.7 Å². The molecule has 1 aromatic carbocycles. The Balaban J connectivity index is 1.72. The zero-order valence-corrected chi connectivity index (χ0v) is 10.4. The van der Waals surface area contributed by atoms with Crippen LogP contribution in [0.25, 0.3) is 11.0 Å². The molecule has 1 heterocycles. The highest BCUT2D eigenvalue weighted by Crippen LogP contribution is 2.19. The molecule has 2 aromatic rings. The van der Waals surface area contributed by atoms with Gasteiger partial charge in [-0.15, -0.1) is 0 Å². The number of benzene rings is 1. The van der Waals surface area contributed by atoms with Gasteiger partial charge in [0.1, 0.15) is 5.82 Å². The van der Waals surface area contributed by atoms with Gasteiger partial charge in [-0.05, 0) is 31.0 Å². The standard InChI is InChI=1S/C13H16ClN3/c14-9-5-6-11-12(7-9)17-13(16-11)8-15-10-3-1-2-4-10/h5-7,10,15H,1-4,8H2,(H,16,17). The van der Waals surface area contributed by atoms with Crippen molar-refractivity contribution in [1.29, 1.82) is 0 Å². The average molecular weight is 250 g/mol. The maximum Gasteiger partial charge on any atom is 0.121 e. The topological polar surface area (TPSA) is 40.7 Å². The Morgan fingerprint density at radius 1 is 1.35 bits per heavy atom. The summed E-state index contributed by atoms with van der Waals surface area (Å²) < 4.78 is 0. The average Bonchev–Trinajstić information content (AvgIpc) is 2.94. The van der Waals surface area contributed by atoms with Gasteiger partial charge >= 0.3 is 0 Å². The number of H-pyrrole nitrogens is 1. The highest BCUT2D eigenvalue weighted by molar-refractivity contribution is 6.31. The van der Waals surface area contributed by atoms with Crippen molar-refractivity contribution in [3.63, 3.8) is 0 Å². The van der Waals surface area contributed by atoms with Gasteiger partial charge in [0.25, 0.3) is 0 Å². The lowest BCUT2D eigenvalue weighted by Crippen LogP contribution is -2.25. The maximum atomic E-state index is 5.95. The van der Waals surface area contributed by atoms with Crippen molar-refractivity contribution in [3.8, 4) is 0 Å². The molecule has 1 saturated carbocycles. The number of nitrogens with zero attached hydrogens (tertiary/aromatic N) is 1. The summed E-state index contributed by atoms with van der Waals surface area (Å²) in [5, 5.41) is 4.29. The summed E-state index contributed by atoms with van der Waals surface area (Å²) in [6.07, 6.45) is 5.30. The predicted molar refractivity (Wildman–Crippen MR) is 70.2 cm³/mol. The van der Waals surface area contributed by atoms with Crippen molar-refractivity contribution >= 4 is 22.6 Å². The fourth-order valence-electron chi connectivity index (χ4n) is 2.49. The van der Waals surface area contributed by atoms with Crippen molar-refractivity contribution in [1.82, 2.24) is 15.3 Å². The van der Waals surface area contributed by atoms with Crippen LogP contribution in [-0.2, 0) is 6.54 Å². The van der Waals surface area contributed by atoms with Crippen LogP contribution in [-0.4, -0.2) is 16.0 Å². The molecule has 2 N–H and O–H groups in total. The minimum absolute atomic E-state index is 0.673. The van der Waals surface area contributed by atoms with Crippen LogP contribution in [0.4, 0.5) is 0 Å². The second-order valence-corrected chi connectivity index (χ2v) is 5.14. The van der Waals surface area contributed by atoms with Gasteiger partial charge in [0.15, 0.2) is 0 Å². The third-order valence-electron chi connectivity index (χ3n) is 3.41. The summed E-state index contributed by atoms with van der Waals surface area (Å²) in [6, 6.07) is 6.42. The lowest BCUT2D eigenvalue weighted by molar-refractivity contribution is 0.516. The highest BCUT2D eigenvalue weighted by atomic mass is 35.5. The van der Waals surface area contributed by atoms with Crippen LogP contribution in [0.5, 0.6) is 0 Å². The molecule has 1 fully saturated rings. The number of nitrogens with one attached hydrogen (secondary N) is 2. The van der Waals surface area contributed by atoms with E-state index in [1.54, 1.807) is 0 Å². The molecule has 1 aliphatic carbocycles. The number of hydrogen-bond acceptors (Lipinski definition) is 2. The zero-order chi connectivity index (χ0) is 11.7. The van der Waals surface area contributed by atoms with Crippen LogP contribution >= 0.6 is 11.6 Å². The molecule has 0 amide bonds. The van der Waals surface area contributed by atoms with Gasteiger partial charge in [-0.25, -0.2) is 4.98 Å². The Morgan fingerprint density at radius 3 is 3.00 bits per heavy atom. The first-order valence-corrected chi connectivity index (χ1v) is 6.56. The molecule has 0 bridgehead atoms. The van der Waals surface area contributed by atoms with Crippen LogP contribution in [0.2, 0.25) is 5.02 Å². The molecule has 0 radical (unpaired) electrons. The van der Waals surface area contributed by atoms with E-state index in [-0.39, 0.29) is 0 Å². The predicted octanol–water partition coefficient (Wildman–Crippen LogP) is 3.25. The summed E-state index contributed by atoms with van der Waals surface area (Å²) in [5.74, 6) is 0.995. The minimum atomic E-state index is 0.673. The second-order valence-electron chi connectivity index (χ2n) is 4.71. The third-order valence-corrected chi connectivity index (χ3v) is 3.64. The lowest BCUT2D eigenvalue weighted by atomic mass is 10.2. The summed E-state index contributed by atoms with van der Waals surface area (Å²) in [4.78, 5) is 7.84. The molecule has 90 valence electrons. The first kappa shape index (κ1) is 11.1. The second kappa shape index (κ2) is 4.67. The van der Waals surface area contributed by atoms with E-state index in [0.29, 0.717) is 6.04 Å². The van der Waals surface area contributed by atoms with E-state index in [0.717, 1.165) is 28.4 Å². The molecule has 0 saturated heterocycles. The number of aromatic amines is 1. The Hall–Kier alpha value is -1.06. The van der Waals surface area contributed by atoms with Gasteiger partial charge in [0.2, 0.25) is 0 Å². The van der Waals surface area contributed by atoms with Crippen molar-refractivity contribution < 1.29 is 0 Å². The molecule has 0 aliphatic heterocycles. The Kier molecular flexibility index (Phi) is 3.04. The van der Waals surface area contributed by atoms with E-state index in [9.17, 15) is 0 Å². The van der Waals surface area contributed by atoms with E-state index in [2.05, 4.69) is 15.3 Å². The van der Waals surface area contributed by atoms with E-state index in [4.69, 9.17) is 11.6 Å². The first-order chi connectivity index (χ1) is 8.31. The molecule has 3 rings (SSSR count). The normalized spacial score (nSPS) is 17.0. The number of rotatable bonds is 3. The first-order valence-electron chi connectivity index (χ1n) is 6.19. The number of fused-ring (bicyclic) bond motifs is 1. The van der Waals surface area contributed by atoms with Crippen molar-refractivity contribution in [3.05, 3.63) is 29.0 Å². The van der Waals surface area contributed by atoms with Crippen LogP contribution in [0, 0.1) is 0 Å². The van der Waals surface area contributed by atoms with Gasteiger partial charge in [0.05, 0.1) is 17.6 Å². The Morgan fingerprint density at radius 2 is 2.18 bits per heavy atom. The number of imidazole rings is 1. The van der Waals surface area contributed by atoms with E-state index in [1.807, 2.05) is 18.2 Å². The molecule has 3 nitrogen and oxygen atoms in total. The summed E-state index contributed by atoms with van der Waals surface area (Å²) in [6.45, 7) is 0.816. The molecule has 1 aromatic heterocycles. The Bertz CT molecular complexity index is 514. The van der Waals surface area contributed by atoms with Crippen LogP contribution in [0.3, 0.4) is 0 Å². The SMILES string of the molecule is Clc1ccc2nc(CNC3CCCC3)[nH]c2c1. The Labute approximate surface area is 106 Å². The largest absolute Gasteiger partial charge is 0.341 e. The number of hydrogen-bond donors (Lipinski definition) is 2. The van der Waals surface area contributed by atoms with Gasteiger partial charge in [-0.3, -0.25) is 0 Å². The van der Waals surface area contributed by atoms with Crippen LogP contribution in [0.15, 0.2) is 18.2 Å². The van der Waals surface area contributed by atoms with Crippen molar-refractivity contribution in [2.45, 2.75) is 38.3 Å². The molecule has 1 aliphatic rings. The van der Waals surface area contributed by atoms with Crippen molar-refractivity contribution in [2.24, 2.45) is 0 Å². The highest BCUT2D eigenvalue weighted by Gasteiger charge is 2.14. The van der Waals surface area contributed by atoms with Crippen LogP contribution < -0.4 is 5.32 Å². The summed E-state index contributed by atoms with van der Waals surface area (Å²) in [7, 11) is 0. The van der Waals surface area contributed by atoms with Gasteiger partial charge in [-0.1, -0.05) is 24.4 Å². The number of aromatic nitrogens is 2. The zero-order valence-electron chi connectivity index (χ0n) is 9.67. The molecule has 0 unspecified atom stereocenters. The monoisotopic (exact) mass is 249 g/mol.